The predicted octanol–water partition coefficient (Wildman–Crippen LogP) is 5.71. The van der Waals surface area contributed by atoms with Crippen LogP contribution in [0.4, 0.5) is 13.2 Å². The molecule has 0 saturated heterocycles. The van der Waals surface area contributed by atoms with Gasteiger partial charge in [0, 0.05) is 17.4 Å². The van der Waals surface area contributed by atoms with E-state index in [-0.39, 0.29) is 17.6 Å². The van der Waals surface area contributed by atoms with E-state index in [2.05, 4.69) is 0 Å². The van der Waals surface area contributed by atoms with E-state index in [0.29, 0.717) is 21.1 Å². The summed E-state index contributed by atoms with van der Waals surface area (Å²) < 4.78 is 40.0. The maximum absolute atomic E-state index is 12.9. The van der Waals surface area contributed by atoms with Gasteiger partial charge in [-0.3, -0.25) is 0 Å². The van der Waals surface area contributed by atoms with Crippen molar-refractivity contribution in [3.8, 4) is 0 Å². The van der Waals surface area contributed by atoms with Crippen LogP contribution < -0.4 is 0 Å². The predicted molar refractivity (Wildman–Crippen MR) is 89.5 cm³/mol. The molecule has 2 aromatic carbocycles. The number of benzene rings is 2. The molecule has 1 aromatic heterocycles. The SMILES string of the molecule is O=C(O)c1cc2cc(C(F)(F)F)ccc2n1Cc1ccc(Cl)c(Cl)c1. The van der Waals surface area contributed by atoms with Crippen LogP contribution in [0.15, 0.2) is 42.5 Å². The maximum atomic E-state index is 12.9. The molecular weight excluding hydrogens is 378 g/mol. The first kappa shape index (κ1) is 17.6. The summed E-state index contributed by atoms with van der Waals surface area (Å²) in [5.74, 6) is -1.23. The van der Waals surface area contributed by atoms with Crippen LogP contribution in [-0.4, -0.2) is 15.6 Å². The molecule has 0 bridgehead atoms. The van der Waals surface area contributed by atoms with Crippen molar-refractivity contribution in [3.05, 3.63) is 69.3 Å². The van der Waals surface area contributed by atoms with Gasteiger partial charge >= 0.3 is 12.1 Å². The maximum Gasteiger partial charge on any atom is 0.416 e. The summed E-state index contributed by atoms with van der Waals surface area (Å²) in [6.45, 7) is 0.132. The van der Waals surface area contributed by atoms with Gasteiger partial charge in [-0.2, -0.15) is 13.2 Å². The minimum atomic E-state index is -4.50. The van der Waals surface area contributed by atoms with E-state index in [9.17, 15) is 23.1 Å². The molecule has 1 N–H and O–H groups in total. The lowest BCUT2D eigenvalue weighted by molar-refractivity contribution is -0.137. The van der Waals surface area contributed by atoms with E-state index in [1.165, 1.54) is 16.7 Å². The fourth-order valence-corrected chi connectivity index (χ4v) is 2.94. The molecule has 0 amide bonds. The Balaban J connectivity index is 2.13. The standard InChI is InChI=1S/C17H10Cl2F3NO2/c18-12-3-1-9(5-13(12)19)8-23-14-4-2-11(17(20,21)22)6-10(14)7-15(23)16(24)25/h1-7H,8H2,(H,24,25). The van der Waals surface area contributed by atoms with Crippen molar-refractivity contribution in [3.63, 3.8) is 0 Å². The molecule has 0 unspecified atom stereocenters. The lowest BCUT2D eigenvalue weighted by Gasteiger charge is -2.11. The van der Waals surface area contributed by atoms with Crippen LogP contribution in [-0.2, 0) is 12.7 Å². The Morgan fingerprint density at radius 2 is 1.76 bits per heavy atom. The van der Waals surface area contributed by atoms with Crippen molar-refractivity contribution in [2.24, 2.45) is 0 Å². The van der Waals surface area contributed by atoms with Crippen molar-refractivity contribution < 1.29 is 23.1 Å². The quantitative estimate of drug-likeness (QED) is 0.624. The molecule has 0 spiro atoms. The summed E-state index contributed by atoms with van der Waals surface area (Å²) >= 11 is 11.8. The fourth-order valence-electron chi connectivity index (χ4n) is 2.62. The summed E-state index contributed by atoms with van der Waals surface area (Å²) in [6.07, 6.45) is -4.50. The van der Waals surface area contributed by atoms with E-state index in [1.54, 1.807) is 18.2 Å². The van der Waals surface area contributed by atoms with Gasteiger partial charge in [0.1, 0.15) is 5.69 Å². The second-order valence-electron chi connectivity index (χ2n) is 5.44. The molecule has 0 aliphatic rings. The number of nitrogens with zero attached hydrogens (tertiary/aromatic N) is 1. The summed E-state index contributed by atoms with van der Waals surface area (Å²) in [6, 6.07) is 9.20. The third-order valence-corrected chi connectivity index (χ3v) is 4.51. The molecule has 0 fully saturated rings. The second-order valence-corrected chi connectivity index (χ2v) is 6.26. The van der Waals surface area contributed by atoms with Crippen molar-refractivity contribution in [2.45, 2.75) is 12.7 Å². The number of aromatic carboxylic acids is 1. The summed E-state index contributed by atoms with van der Waals surface area (Å²) in [4.78, 5) is 11.5. The van der Waals surface area contributed by atoms with Crippen molar-refractivity contribution in [1.29, 1.82) is 0 Å². The Kier molecular flexibility index (Phi) is 4.43. The minimum Gasteiger partial charge on any atom is -0.477 e. The zero-order valence-corrected chi connectivity index (χ0v) is 14.0. The minimum absolute atomic E-state index is 0.111. The third-order valence-electron chi connectivity index (χ3n) is 3.77. The lowest BCUT2D eigenvalue weighted by Crippen LogP contribution is -2.09. The molecule has 0 aliphatic heterocycles. The molecule has 3 rings (SSSR count). The molecule has 3 aromatic rings. The Bertz CT molecular complexity index is 980. The summed E-state index contributed by atoms with van der Waals surface area (Å²) in [5, 5.41) is 10.3. The van der Waals surface area contributed by atoms with Crippen molar-refractivity contribution >= 4 is 40.1 Å². The number of fused-ring (bicyclic) bond motifs is 1. The Hall–Kier alpha value is -2.18. The molecule has 25 heavy (non-hydrogen) atoms. The monoisotopic (exact) mass is 387 g/mol. The Labute approximate surface area is 150 Å². The number of rotatable bonds is 3. The molecule has 0 radical (unpaired) electrons. The zero-order chi connectivity index (χ0) is 18.4. The van der Waals surface area contributed by atoms with Crippen LogP contribution in [0.2, 0.25) is 10.0 Å². The van der Waals surface area contributed by atoms with Crippen molar-refractivity contribution in [2.75, 3.05) is 0 Å². The van der Waals surface area contributed by atoms with E-state index < -0.39 is 17.7 Å². The molecule has 0 saturated carbocycles. The Morgan fingerprint density at radius 1 is 1.04 bits per heavy atom. The van der Waals surface area contributed by atoms with Gasteiger partial charge < -0.3 is 9.67 Å². The normalized spacial score (nSPS) is 11.9. The first-order chi connectivity index (χ1) is 11.7. The van der Waals surface area contributed by atoms with Crippen LogP contribution in [0, 0.1) is 0 Å². The highest BCUT2D eigenvalue weighted by molar-refractivity contribution is 6.42. The smallest absolute Gasteiger partial charge is 0.416 e. The highest BCUT2D eigenvalue weighted by atomic mass is 35.5. The zero-order valence-electron chi connectivity index (χ0n) is 12.4. The molecule has 0 aliphatic carbocycles. The number of aromatic nitrogens is 1. The summed E-state index contributed by atoms with van der Waals surface area (Å²) in [7, 11) is 0. The largest absolute Gasteiger partial charge is 0.477 e. The van der Waals surface area contributed by atoms with E-state index >= 15 is 0 Å². The van der Waals surface area contributed by atoms with E-state index in [4.69, 9.17) is 23.2 Å². The van der Waals surface area contributed by atoms with Crippen LogP contribution in [0.25, 0.3) is 10.9 Å². The van der Waals surface area contributed by atoms with Crippen LogP contribution >= 0.6 is 23.2 Å². The van der Waals surface area contributed by atoms with Gasteiger partial charge in [-0.05, 0) is 42.0 Å². The molecule has 8 heteroatoms. The van der Waals surface area contributed by atoms with Crippen LogP contribution in [0.1, 0.15) is 21.6 Å². The van der Waals surface area contributed by atoms with Gasteiger partial charge in [0.25, 0.3) is 0 Å². The first-order valence-corrected chi connectivity index (χ1v) is 7.80. The number of halogens is 5. The average molecular weight is 388 g/mol. The topological polar surface area (TPSA) is 42.2 Å². The number of hydrogen-bond acceptors (Lipinski definition) is 1. The number of alkyl halides is 3. The van der Waals surface area contributed by atoms with Gasteiger partial charge in [0.2, 0.25) is 0 Å². The van der Waals surface area contributed by atoms with Gasteiger partial charge in [0.15, 0.2) is 0 Å². The number of carboxylic acid groups (broad SMARTS) is 1. The molecule has 130 valence electrons. The highest BCUT2D eigenvalue weighted by Gasteiger charge is 2.31. The molecular formula is C17H10Cl2F3NO2. The number of hydrogen-bond donors (Lipinski definition) is 1. The fraction of sp³-hybridized carbons (Fsp3) is 0.118. The van der Waals surface area contributed by atoms with Crippen molar-refractivity contribution in [1.82, 2.24) is 4.57 Å². The Morgan fingerprint density at radius 3 is 2.36 bits per heavy atom. The first-order valence-electron chi connectivity index (χ1n) is 7.04. The third kappa shape index (κ3) is 3.45. The molecule has 3 nitrogen and oxygen atoms in total. The lowest BCUT2D eigenvalue weighted by atomic mass is 10.1. The highest BCUT2D eigenvalue weighted by Crippen LogP contribution is 2.33. The van der Waals surface area contributed by atoms with Gasteiger partial charge in [-0.1, -0.05) is 29.3 Å². The van der Waals surface area contributed by atoms with E-state index in [0.717, 1.165) is 12.1 Å². The van der Waals surface area contributed by atoms with Gasteiger partial charge in [0.05, 0.1) is 15.6 Å². The van der Waals surface area contributed by atoms with Crippen LogP contribution in [0.5, 0.6) is 0 Å². The average Bonchev–Trinajstić information content (AvgIpc) is 2.88. The molecule has 0 atom stereocenters. The van der Waals surface area contributed by atoms with Gasteiger partial charge in [-0.15, -0.1) is 0 Å². The summed E-state index contributed by atoms with van der Waals surface area (Å²) in [5.41, 5.74) is 0.120. The number of carboxylic acids is 1. The molecule has 1 heterocycles. The second kappa shape index (κ2) is 6.28. The number of carbonyl (C=O) groups is 1. The van der Waals surface area contributed by atoms with E-state index in [1.807, 2.05) is 0 Å². The van der Waals surface area contributed by atoms with Crippen LogP contribution in [0.3, 0.4) is 0 Å². The van der Waals surface area contributed by atoms with Gasteiger partial charge in [-0.25, -0.2) is 4.79 Å².